The van der Waals surface area contributed by atoms with Gasteiger partial charge in [-0.05, 0) is 30.0 Å². The summed E-state index contributed by atoms with van der Waals surface area (Å²) >= 11 is 1.52. The van der Waals surface area contributed by atoms with E-state index >= 15 is 0 Å². The van der Waals surface area contributed by atoms with E-state index in [1.807, 2.05) is 12.3 Å². The molecule has 74 valence electrons. The summed E-state index contributed by atoms with van der Waals surface area (Å²) in [5, 5.41) is 2.61. The number of anilines is 1. The van der Waals surface area contributed by atoms with Crippen molar-refractivity contribution in [3.63, 3.8) is 0 Å². The van der Waals surface area contributed by atoms with Crippen LogP contribution in [0.15, 0.2) is 17.5 Å². The molecule has 0 saturated carbocycles. The van der Waals surface area contributed by atoms with E-state index in [1.165, 1.54) is 17.4 Å². The molecule has 0 amide bonds. The molecule has 2 aromatic rings. The van der Waals surface area contributed by atoms with Crippen molar-refractivity contribution in [2.75, 3.05) is 5.73 Å². The van der Waals surface area contributed by atoms with Gasteiger partial charge in [-0.3, -0.25) is 0 Å². The molecule has 1 aromatic heterocycles. The molecule has 0 saturated heterocycles. The first-order valence-corrected chi connectivity index (χ1v) is 5.03. The monoisotopic (exact) mass is 213 g/mol. The second kappa shape index (κ2) is 3.20. The molecule has 1 aromatic carbocycles. The third-order valence-corrected chi connectivity index (χ3v) is 3.28. The summed E-state index contributed by atoms with van der Waals surface area (Å²) in [5.74, 6) is 0. The number of benzene rings is 1. The van der Waals surface area contributed by atoms with Gasteiger partial charge in [-0.15, -0.1) is 11.3 Å². The zero-order chi connectivity index (χ0) is 10.3. The summed E-state index contributed by atoms with van der Waals surface area (Å²) in [4.78, 5) is 0. The van der Waals surface area contributed by atoms with Gasteiger partial charge in [-0.25, -0.2) is 8.78 Å². The van der Waals surface area contributed by atoms with Crippen LogP contribution in [0.4, 0.5) is 14.5 Å². The Morgan fingerprint density at radius 2 is 2.14 bits per heavy atom. The summed E-state index contributed by atoms with van der Waals surface area (Å²) in [6.07, 6.45) is -2.50. The summed E-state index contributed by atoms with van der Waals surface area (Å²) in [7, 11) is 0. The molecule has 0 unspecified atom stereocenters. The Balaban J connectivity index is 2.82. The van der Waals surface area contributed by atoms with Gasteiger partial charge in [0.25, 0.3) is 6.43 Å². The normalized spacial score (nSPS) is 11.4. The molecule has 0 radical (unpaired) electrons. The molecule has 0 aliphatic carbocycles. The lowest BCUT2D eigenvalue weighted by molar-refractivity contribution is 0.152. The highest BCUT2D eigenvalue weighted by Gasteiger charge is 2.15. The number of halogens is 2. The maximum absolute atomic E-state index is 12.6. The molecule has 2 rings (SSSR count). The first kappa shape index (κ1) is 9.40. The molecule has 0 atom stereocenters. The Hall–Kier alpha value is -1.16. The van der Waals surface area contributed by atoms with Gasteiger partial charge in [0.2, 0.25) is 0 Å². The van der Waals surface area contributed by atoms with Crippen molar-refractivity contribution in [2.45, 2.75) is 13.3 Å². The molecule has 0 fully saturated rings. The summed E-state index contributed by atoms with van der Waals surface area (Å²) < 4.78 is 26.1. The molecule has 0 aliphatic rings. The number of fused-ring (bicyclic) bond motifs is 1. The van der Waals surface area contributed by atoms with E-state index in [0.29, 0.717) is 0 Å². The highest BCUT2D eigenvalue weighted by atomic mass is 32.1. The van der Waals surface area contributed by atoms with Gasteiger partial charge < -0.3 is 5.73 Å². The van der Waals surface area contributed by atoms with Crippen molar-refractivity contribution in [1.82, 2.24) is 0 Å². The van der Waals surface area contributed by atoms with Gasteiger partial charge in [0.15, 0.2) is 0 Å². The third-order valence-electron chi connectivity index (χ3n) is 2.23. The molecule has 0 aliphatic heterocycles. The van der Waals surface area contributed by atoms with Gasteiger partial charge in [0.1, 0.15) is 0 Å². The largest absolute Gasteiger partial charge is 0.398 e. The average Bonchev–Trinajstić information content (AvgIpc) is 2.59. The number of nitrogens with two attached hydrogens (primary N) is 1. The van der Waals surface area contributed by atoms with Crippen molar-refractivity contribution in [3.05, 3.63) is 28.6 Å². The van der Waals surface area contributed by atoms with Crippen LogP contribution in [0.2, 0.25) is 0 Å². The number of hydrogen-bond acceptors (Lipinski definition) is 2. The predicted molar refractivity (Wildman–Crippen MR) is 55.9 cm³/mol. The number of hydrogen-bond donors (Lipinski definition) is 1. The summed E-state index contributed by atoms with van der Waals surface area (Å²) in [5.41, 5.74) is 6.67. The Labute approximate surface area is 84.2 Å². The molecule has 1 nitrogen and oxygen atoms in total. The van der Waals surface area contributed by atoms with Crippen LogP contribution in [-0.4, -0.2) is 0 Å². The average molecular weight is 213 g/mol. The molecule has 0 bridgehead atoms. The van der Waals surface area contributed by atoms with Crippen molar-refractivity contribution in [1.29, 1.82) is 0 Å². The van der Waals surface area contributed by atoms with Crippen LogP contribution in [0.3, 0.4) is 0 Å². The number of thiophene rings is 1. The van der Waals surface area contributed by atoms with Crippen LogP contribution in [0.1, 0.15) is 17.6 Å². The lowest BCUT2D eigenvalue weighted by Crippen LogP contribution is -1.96. The smallest absolute Gasteiger partial charge is 0.265 e. The van der Waals surface area contributed by atoms with Gasteiger partial charge in [0.05, 0.1) is 0 Å². The summed E-state index contributed by atoms with van der Waals surface area (Å²) in [6, 6.07) is 3.26. The quantitative estimate of drug-likeness (QED) is 0.717. The van der Waals surface area contributed by atoms with Gasteiger partial charge in [-0.1, -0.05) is 0 Å². The third kappa shape index (κ3) is 1.26. The minimum atomic E-state index is -2.50. The van der Waals surface area contributed by atoms with E-state index in [-0.39, 0.29) is 11.3 Å². The molecule has 1 heterocycles. The highest BCUT2D eigenvalue weighted by molar-refractivity contribution is 7.17. The van der Waals surface area contributed by atoms with E-state index in [1.54, 1.807) is 6.07 Å². The topological polar surface area (TPSA) is 26.0 Å². The second-order valence-corrected chi connectivity index (χ2v) is 4.08. The number of rotatable bonds is 1. The molecule has 2 N–H and O–H groups in total. The number of aryl methyl sites for hydroxylation is 1. The molecule has 4 heteroatoms. The minimum Gasteiger partial charge on any atom is -0.398 e. The maximum Gasteiger partial charge on any atom is 0.265 e. The Morgan fingerprint density at radius 1 is 1.43 bits per heavy atom. The van der Waals surface area contributed by atoms with E-state index in [2.05, 4.69) is 0 Å². The first-order chi connectivity index (χ1) is 6.61. The summed E-state index contributed by atoms with van der Waals surface area (Å²) in [6.45, 7) is 1.82. The second-order valence-electron chi connectivity index (χ2n) is 3.16. The Morgan fingerprint density at radius 3 is 2.79 bits per heavy atom. The van der Waals surface area contributed by atoms with E-state index in [4.69, 9.17) is 5.73 Å². The zero-order valence-corrected chi connectivity index (χ0v) is 8.37. The molecule has 14 heavy (non-hydrogen) atoms. The van der Waals surface area contributed by atoms with Crippen molar-refractivity contribution >= 4 is 27.1 Å². The fraction of sp³-hybridized carbons (Fsp3) is 0.200. The fourth-order valence-electron chi connectivity index (χ4n) is 1.54. The van der Waals surface area contributed by atoms with Crippen LogP contribution in [-0.2, 0) is 0 Å². The van der Waals surface area contributed by atoms with E-state index in [9.17, 15) is 8.78 Å². The Bertz CT molecular complexity index is 476. The van der Waals surface area contributed by atoms with Gasteiger partial charge in [0, 0.05) is 21.3 Å². The van der Waals surface area contributed by atoms with Crippen LogP contribution >= 0.6 is 11.3 Å². The predicted octanol–water partition coefficient (Wildman–Crippen LogP) is 3.73. The molecule has 0 spiro atoms. The maximum atomic E-state index is 12.6. The van der Waals surface area contributed by atoms with Crippen LogP contribution in [0, 0.1) is 6.92 Å². The van der Waals surface area contributed by atoms with Crippen LogP contribution < -0.4 is 5.73 Å². The first-order valence-electron chi connectivity index (χ1n) is 4.15. The lowest BCUT2D eigenvalue weighted by Gasteiger charge is -2.07. The van der Waals surface area contributed by atoms with E-state index in [0.717, 1.165) is 15.6 Å². The van der Waals surface area contributed by atoms with Gasteiger partial charge in [-0.2, -0.15) is 0 Å². The zero-order valence-electron chi connectivity index (χ0n) is 7.55. The fourth-order valence-corrected chi connectivity index (χ4v) is 2.43. The molecular formula is C10H9F2NS. The highest BCUT2D eigenvalue weighted by Crippen LogP contribution is 2.36. The van der Waals surface area contributed by atoms with Crippen LogP contribution in [0.25, 0.3) is 10.1 Å². The Kier molecular flexibility index (Phi) is 2.15. The SMILES string of the molecule is Cc1cc(C(F)F)c(N)c2ccsc12. The standard InChI is InChI=1S/C10H9F2NS/c1-5-4-7(10(11)12)8(13)6-2-3-14-9(5)6/h2-4,10H,13H2,1H3. The number of nitrogen functional groups attached to an aromatic ring is 1. The van der Waals surface area contributed by atoms with Gasteiger partial charge >= 0.3 is 0 Å². The lowest BCUT2D eigenvalue weighted by atomic mass is 10.1. The minimum absolute atomic E-state index is 0.0617. The number of alkyl halides is 2. The van der Waals surface area contributed by atoms with E-state index < -0.39 is 6.43 Å². The van der Waals surface area contributed by atoms with Crippen LogP contribution in [0.5, 0.6) is 0 Å². The van der Waals surface area contributed by atoms with Crippen molar-refractivity contribution < 1.29 is 8.78 Å². The van der Waals surface area contributed by atoms with Crippen molar-refractivity contribution in [2.24, 2.45) is 0 Å². The van der Waals surface area contributed by atoms with Crippen molar-refractivity contribution in [3.8, 4) is 0 Å². The molecular weight excluding hydrogens is 204 g/mol.